The van der Waals surface area contributed by atoms with E-state index in [9.17, 15) is 0 Å². The van der Waals surface area contributed by atoms with Crippen LogP contribution in [0.5, 0.6) is 11.5 Å². The number of methoxy groups -OCH3 is 2. The highest BCUT2D eigenvalue weighted by Crippen LogP contribution is 2.33. The summed E-state index contributed by atoms with van der Waals surface area (Å²) in [6.07, 6.45) is 2.67. The molecule has 1 aromatic rings. The van der Waals surface area contributed by atoms with Crippen LogP contribution in [0.4, 0.5) is 0 Å². The molecule has 5 heteroatoms. The average Bonchev–Trinajstić information content (AvgIpc) is 3.41. The standard InChI is InChI=1S/C19H31N3O2/c1-6-20-18(21-12-14-7-8-14)22-13-19(2,3)15-9-10-16(23-4)17(11-15)24-5/h9-11,14H,6-8,12-13H2,1-5H3,(H2,20,21,22). The predicted molar refractivity (Wildman–Crippen MR) is 99.3 cm³/mol. The molecule has 0 atom stereocenters. The molecule has 5 nitrogen and oxygen atoms in total. The number of hydrogen-bond acceptors (Lipinski definition) is 3. The molecule has 24 heavy (non-hydrogen) atoms. The molecule has 1 fully saturated rings. The maximum absolute atomic E-state index is 5.42. The molecular weight excluding hydrogens is 302 g/mol. The summed E-state index contributed by atoms with van der Waals surface area (Å²) in [5, 5.41) is 6.77. The zero-order valence-electron chi connectivity index (χ0n) is 15.6. The number of nitrogens with one attached hydrogen (secondary N) is 2. The maximum atomic E-state index is 5.42. The summed E-state index contributed by atoms with van der Waals surface area (Å²) >= 11 is 0. The molecule has 0 saturated heterocycles. The van der Waals surface area contributed by atoms with E-state index < -0.39 is 0 Å². The number of ether oxygens (including phenoxy) is 2. The minimum atomic E-state index is -0.0958. The lowest BCUT2D eigenvalue weighted by Gasteiger charge is -2.25. The highest BCUT2D eigenvalue weighted by atomic mass is 16.5. The molecule has 2 rings (SSSR count). The van der Waals surface area contributed by atoms with Gasteiger partial charge < -0.3 is 20.1 Å². The summed E-state index contributed by atoms with van der Waals surface area (Å²) in [7, 11) is 3.32. The van der Waals surface area contributed by atoms with Crippen molar-refractivity contribution in [2.24, 2.45) is 10.9 Å². The van der Waals surface area contributed by atoms with E-state index in [0.717, 1.165) is 36.5 Å². The largest absolute Gasteiger partial charge is 0.493 e. The molecule has 0 heterocycles. The van der Waals surface area contributed by atoms with Gasteiger partial charge >= 0.3 is 0 Å². The first-order valence-corrected chi connectivity index (χ1v) is 8.75. The van der Waals surface area contributed by atoms with Crippen molar-refractivity contribution in [2.75, 3.05) is 33.9 Å². The van der Waals surface area contributed by atoms with Crippen LogP contribution in [0.15, 0.2) is 23.2 Å². The van der Waals surface area contributed by atoms with E-state index in [1.54, 1.807) is 14.2 Å². The molecule has 0 spiro atoms. The fourth-order valence-electron chi connectivity index (χ4n) is 2.53. The highest BCUT2D eigenvalue weighted by Gasteiger charge is 2.23. The summed E-state index contributed by atoms with van der Waals surface area (Å²) in [6, 6.07) is 6.08. The molecule has 0 amide bonds. The lowest BCUT2D eigenvalue weighted by molar-refractivity contribution is 0.353. The smallest absolute Gasteiger partial charge is 0.191 e. The monoisotopic (exact) mass is 333 g/mol. The van der Waals surface area contributed by atoms with E-state index >= 15 is 0 Å². The topological polar surface area (TPSA) is 54.9 Å². The Bertz CT molecular complexity index is 566. The third-order valence-electron chi connectivity index (χ3n) is 4.40. The molecule has 2 N–H and O–H groups in total. The van der Waals surface area contributed by atoms with Crippen molar-refractivity contribution in [2.45, 2.75) is 39.0 Å². The molecule has 0 aliphatic heterocycles. The molecule has 0 radical (unpaired) electrons. The summed E-state index contributed by atoms with van der Waals surface area (Å²) in [6.45, 7) is 9.07. The van der Waals surface area contributed by atoms with Gasteiger partial charge in [-0.3, -0.25) is 4.99 Å². The van der Waals surface area contributed by atoms with E-state index in [2.05, 4.69) is 37.5 Å². The van der Waals surface area contributed by atoms with Crippen molar-refractivity contribution in [1.82, 2.24) is 10.6 Å². The van der Waals surface area contributed by atoms with E-state index in [1.807, 2.05) is 12.1 Å². The van der Waals surface area contributed by atoms with Crippen molar-refractivity contribution in [1.29, 1.82) is 0 Å². The molecule has 0 unspecified atom stereocenters. The Morgan fingerprint density at radius 3 is 2.46 bits per heavy atom. The van der Waals surface area contributed by atoms with E-state index in [4.69, 9.17) is 14.5 Å². The van der Waals surface area contributed by atoms with Gasteiger partial charge in [-0.1, -0.05) is 19.9 Å². The summed E-state index contributed by atoms with van der Waals surface area (Å²) in [5.41, 5.74) is 1.09. The second-order valence-electron chi connectivity index (χ2n) is 6.97. The van der Waals surface area contributed by atoms with Crippen LogP contribution in [0.1, 0.15) is 39.2 Å². The minimum absolute atomic E-state index is 0.0958. The number of aliphatic imine (C=N–C) groups is 1. The van der Waals surface area contributed by atoms with Crippen molar-refractivity contribution in [3.8, 4) is 11.5 Å². The first-order valence-electron chi connectivity index (χ1n) is 8.75. The summed E-state index contributed by atoms with van der Waals surface area (Å²) in [5.74, 6) is 3.23. The van der Waals surface area contributed by atoms with Gasteiger partial charge in [0.25, 0.3) is 0 Å². The fraction of sp³-hybridized carbons (Fsp3) is 0.632. The molecule has 1 aliphatic rings. The van der Waals surface area contributed by atoms with Crippen LogP contribution in [-0.2, 0) is 5.41 Å². The molecule has 1 aromatic carbocycles. The Hall–Kier alpha value is -1.91. The van der Waals surface area contributed by atoms with Gasteiger partial charge in [-0.25, -0.2) is 0 Å². The van der Waals surface area contributed by atoms with Crippen LogP contribution in [0.25, 0.3) is 0 Å². The Kier molecular flexibility index (Phi) is 6.35. The van der Waals surface area contributed by atoms with Crippen molar-refractivity contribution < 1.29 is 9.47 Å². The lowest BCUT2D eigenvalue weighted by atomic mass is 9.84. The molecular formula is C19H31N3O2. The lowest BCUT2D eigenvalue weighted by Crippen LogP contribution is -2.39. The number of guanidine groups is 1. The molecule has 1 aliphatic carbocycles. The quantitative estimate of drug-likeness (QED) is 0.567. The first-order chi connectivity index (χ1) is 11.5. The van der Waals surface area contributed by atoms with Gasteiger partial charge in [0.2, 0.25) is 0 Å². The van der Waals surface area contributed by atoms with Crippen LogP contribution >= 0.6 is 0 Å². The van der Waals surface area contributed by atoms with Crippen LogP contribution in [0, 0.1) is 5.92 Å². The molecule has 0 aromatic heterocycles. The van der Waals surface area contributed by atoms with Gasteiger partial charge in [0.05, 0.1) is 20.8 Å². The number of benzene rings is 1. The van der Waals surface area contributed by atoms with E-state index in [0.29, 0.717) is 6.54 Å². The average molecular weight is 333 g/mol. The third kappa shape index (κ3) is 5.05. The van der Waals surface area contributed by atoms with Crippen molar-refractivity contribution in [3.63, 3.8) is 0 Å². The van der Waals surface area contributed by atoms with Crippen LogP contribution in [0.3, 0.4) is 0 Å². The third-order valence-corrected chi connectivity index (χ3v) is 4.40. The van der Waals surface area contributed by atoms with Gasteiger partial charge in [0, 0.05) is 18.5 Å². The Labute approximate surface area is 145 Å². The molecule has 134 valence electrons. The number of rotatable bonds is 8. The fourth-order valence-corrected chi connectivity index (χ4v) is 2.53. The SMILES string of the molecule is CCNC(=NCC(C)(C)c1ccc(OC)c(OC)c1)NCC1CC1. The first kappa shape index (κ1) is 18.4. The second-order valence-corrected chi connectivity index (χ2v) is 6.97. The van der Waals surface area contributed by atoms with Crippen LogP contribution < -0.4 is 20.1 Å². The van der Waals surface area contributed by atoms with Crippen LogP contribution in [0.2, 0.25) is 0 Å². The second kappa shape index (κ2) is 8.27. The Balaban J connectivity index is 2.08. The maximum Gasteiger partial charge on any atom is 0.191 e. The van der Waals surface area contributed by atoms with Gasteiger partial charge in [-0.15, -0.1) is 0 Å². The molecule has 0 bridgehead atoms. The summed E-state index contributed by atoms with van der Waals surface area (Å²) < 4.78 is 10.7. The minimum Gasteiger partial charge on any atom is -0.493 e. The highest BCUT2D eigenvalue weighted by molar-refractivity contribution is 5.79. The van der Waals surface area contributed by atoms with E-state index in [1.165, 1.54) is 18.4 Å². The van der Waals surface area contributed by atoms with Crippen molar-refractivity contribution in [3.05, 3.63) is 23.8 Å². The Morgan fingerprint density at radius 1 is 1.17 bits per heavy atom. The normalized spacial score (nSPS) is 15.1. The molecule has 1 saturated carbocycles. The Morgan fingerprint density at radius 2 is 1.88 bits per heavy atom. The van der Waals surface area contributed by atoms with Gasteiger partial charge in [-0.05, 0) is 43.4 Å². The zero-order valence-corrected chi connectivity index (χ0v) is 15.6. The summed E-state index contributed by atoms with van der Waals surface area (Å²) in [4.78, 5) is 4.78. The number of nitrogens with zero attached hydrogens (tertiary/aromatic N) is 1. The zero-order chi connectivity index (χ0) is 17.6. The van der Waals surface area contributed by atoms with Gasteiger partial charge in [-0.2, -0.15) is 0 Å². The van der Waals surface area contributed by atoms with Gasteiger partial charge in [0.1, 0.15) is 0 Å². The predicted octanol–water partition coefficient (Wildman–Crippen LogP) is 2.95. The van der Waals surface area contributed by atoms with Crippen molar-refractivity contribution >= 4 is 5.96 Å². The number of hydrogen-bond donors (Lipinski definition) is 2. The van der Waals surface area contributed by atoms with E-state index in [-0.39, 0.29) is 5.41 Å². The van der Waals surface area contributed by atoms with Crippen LogP contribution in [-0.4, -0.2) is 39.8 Å². The van der Waals surface area contributed by atoms with Gasteiger partial charge in [0.15, 0.2) is 17.5 Å².